The Morgan fingerprint density at radius 2 is 1.66 bits per heavy atom. The number of nitrogens with zero attached hydrogens (tertiary/aromatic N) is 2. The molecule has 0 bridgehead atoms. The van der Waals surface area contributed by atoms with Crippen LogP contribution >= 0.6 is 10.6 Å². The minimum Gasteiger partial charge on any atom is -0.487 e. The number of pyridine rings is 1. The molecule has 4 N–H and O–H groups in total. The lowest BCUT2D eigenvalue weighted by atomic mass is 9.68. The molecule has 1 aromatic heterocycles. The maximum absolute atomic E-state index is 12.4. The van der Waals surface area contributed by atoms with Crippen LogP contribution in [0.2, 0.25) is 0 Å². The number of aliphatic hydroxyl groups excluding tert-OH is 1. The van der Waals surface area contributed by atoms with Gasteiger partial charge in [-0.15, -0.1) is 0 Å². The van der Waals surface area contributed by atoms with Crippen molar-refractivity contribution in [2.75, 3.05) is 24.7 Å². The lowest BCUT2D eigenvalue weighted by Gasteiger charge is -2.44. The lowest BCUT2D eigenvalue weighted by molar-refractivity contribution is -0.136. The molecule has 240 valence electrons. The number of fused-ring (bicyclic) bond motifs is 1. The fourth-order valence-corrected chi connectivity index (χ4v) is 8.61. The highest BCUT2D eigenvalue weighted by Crippen LogP contribution is 2.62. The zero-order valence-corrected chi connectivity index (χ0v) is 27.2. The van der Waals surface area contributed by atoms with Crippen LogP contribution in [0.25, 0.3) is 0 Å². The van der Waals surface area contributed by atoms with E-state index >= 15 is 0 Å². The van der Waals surface area contributed by atoms with Gasteiger partial charge in [0, 0.05) is 43.2 Å². The molecular formula is C35H48N2O6S. The number of carboxylic acids is 1. The molecule has 44 heavy (non-hydrogen) atoms. The van der Waals surface area contributed by atoms with Gasteiger partial charge in [-0.05, 0) is 66.4 Å². The normalized spacial score (nSPS) is 19.4. The van der Waals surface area contributed by atoms with Gasteiger partial charge in [0.15, 0.2) is 0 Å². The largest absolute Gasteiger partial charge is 0.487 e. The van der Waals surface area contributed by atoms with E-state index in [4.69, 9.17) is 9.84 Å². The van der Waals surface area contributed by atoms with E-state index in [1.807, 2.05) is 79.7 Å². The Kier molecular flexibility index (Phi) is 11.3. The number of anilines is 1. The summed E-state index contributed by atoms with van der Waals surface area (Å²) in [5.41, 5.74) is 3.37. The summed E-state index contributed by atoms with van der Waals surface area (Å²) in [6, 6.07) is 19.0. The molecule has 2 atom stereocenters. The van der Waals surface area contributed by atoms with Gasteiger partial charge in [0.05, 0.1) is 28.9 Å². The van der Waals surface area contributed by atoms with Crippen LogP contribution in [0.5, 0.6) is 5.75 Å². The molecule has 2 aromatic carbocycles. The molecule has 0 aliphatic carbocycles. The number of ether oxygens (including phenoxy) is 1. The van der Waals surface area contributed by atoms with Crippen molar-refractivity contribution in [3.05, 3.63) is 83.2 Å². The van der Waals surface area contributed by atoms with Gasteiger partial charge in [-0.1, -0.05) is 57.7 Å². The zero-order valence-electron chi connectivity index (χ0n) is 26.4. The Bertz CT molecular complexity index is 1390. The van der Waals surface area contributed by atoms with Crippen molar-refractivity contribution < 1.29 is 28.8 Å². The standard InChI is InChI=1S/C35H48N2O6S/c1-5-7-20-35(21-8-6-2)24-44(41,42)31-18-15-28(37(3)4)22-30(31)33(34(35)40)25-12-16-29(17-13-25)43-23-27-11-9-10-26(36-27)14-19-32(38)39/h9-13,15-18,22,33-34,40-42H,5-8,14,19-21,23-24H2,1-4H3,(H,38,39). The highest BCUT2D eigenvalue weighted by Gasteiger charge is 2.49. The molecule has 1 aliphatic heterocycles. The van der Waals surface area contributed by atoms with E-state index in [2.05, 4.69) is 18.8 Å². The van der Waals surface area contributed by atoms with Crippen LogP contribution in [0, 0.1) is 5.41 Å². The van der Waals surface area contributed by atoms with Gasteiger partial charge in [0.25, 0.3) is 0 Å². The van der Waals surface area contributed by atoms with Crippen molar-refractivity contribution in [2.45, 2.75) is 88.7 Å². The van der Waals surface area contributed by atoms with Crippen molar-refractivity contribution in [1.82, 2.24) is 4.98 Å². The van der Waals surface area contributed by atoms with Crippen LogP contribution < -0.4 is 9.64 Å². The average molecular weight is 625 g/mol. The van der Waals surface area contributed by atoms with Crippen molar-refractivity contribution >= 4 is 22.2 Å². The fraction of sp³-hybridized carbons (Fsp3) is 0.486. The van der Waals surface area contributed by atoms with E-state index in [-0.39, 0.29) is 18.8 Å². The minimum absolute atomic E-state index is 0.0261. The summed E-state index contributed by atoms with van der Waals surface area (Å²) in [4.78, 5) is 18.0. The second-order valence-electron chi connectivity index (χ2n) is 12.3. The second-order valence-corrected chi connectivity index (χ2v) is 14.4. The quantitative estimate of drug-likeness (QED) is 0.144. The van der Waals surface area contributed by atoms with Gasteiger partial charge < -0.3 is 19.8 Å². The Morgan fingerprint density at radius 3 is 2.27 bits per heavy atom. The molecular weight excluding hydrogens is 576 g/mol. The summed E-state index contributed by atoms with van der Waals surface area (Å²) in [5.74, 6) is -0.504. The summed E-state index contributed by atoms with van der Waals surface area (Å²) >= 11 is 0. The molecule has 0 radical (unpaired) electrons. The molecule has 0 saturated carbocycles. The number of unbranched alkanes of at least 4 members (excludes halogenated alkanes) is 2. The first kappa shape index (κ1) is 33.8. The molecule has 0 amide bonds. The van der Waals surface area contributed by atoms with Crippen LogP contribution in [0.4, 0.5) is 5.69 Å². The number of carbonyl (C=O) groups is 1. The average Bonchev–Trinajstić information content (AvgIpc) is 3.07. The predicted octanol–water partition coefficient (Wildman–Crippen LogP) is 7.73. The van der Waals surface area contributed by atoms with Crippen molar-refractivity contribution in [1.29, 1.82) is 0 Å². The van der Waals surface area contributed by atoms with Gasteiger partial charge >= 0.3 is 5.97 Å². The topological polar surface area (TPSA) is 123 Å². The number of benzene rings is 2. The SMILES string of the molecule is CCCCC1(CCCC)CS(O)(O)c2ccc(N(C)C)cc2C(c2ccc(OCc3cccc(CCC(=O)O)n3)cc2)C1O. The number of rotatable bonds is 14. The van der Waals surface area contributed by atoms with Crippen LogP contribution in [0.3, 0.4) is 0 Å². The third-order valence-electron chi connectivity index (χ3n) is 8.77. The second kappa shape index (κ2) is 14.8. The number of aryl methyl sites for hydroxylation is 1. The molecule has 1 aliphatic rings. The Morgan fingerprint density at radius 1 is 1.00 bits per heavy atom. The molecule has 2 heterocycles. The number of aliphatic carboxylic acids is 1. The van der Waals surface area contributed by atoms with Crippen LogP contribution in [-0.2, 0) is 17.8 Å². The maximum Gasteiger partial charge on any atom is 0.303 e. The van der Waals surface area contributed by atoms with Crippen LogP contribution in [0.15, 0.2) is 65.6 Å². The molecule has 2 unspecified atom stereocenters. The van der Waals surface area contributed by atoms with E-state index in [0.29, 0.717) is 28.5 Å². The molecule has 0 spiro atoms. The van der Waals surface area contributed by atoms with E-state index in [1.54, 1.807) is 0 Å². The first-order valence-electron chi connectivity index (χ1n) is 15.6. The van der Waals surface area contributed by atoms with Crippen molar-refractivity contribution in [2.24, 2.45) is 5.41 Å². The molecule has 3 aromatic rings. The molecule has 8 nitrogen and oxygen atoms in total. The predicted molar refractivity (Wildman–Crippen MR) is 177 cm³/mol. The summed E-state index contributed by atoms with van der Waals surface area (Å²) < 4.78 is 29.5. The summed E-state index contributed by atoms with van der Waals surface area (Å²) in [6.45, 7) is 4.49. The highest BCUT2D eigenvalue weighted by atomic mass is 32.3. The van der Waals surface area contributed by atoms with Crippen LogP contribution in [-0.4, -0.2) is 56.2 Å². The van der Waals surface area contributed by atoms with Crippen LogP contribution in [0.1, 0.15) is 87.2 Å². The monoisotopic (exact) mass is 624 g/mol. The smallest absolute Gasteiger partial charge is 0.303 e. The zero-order chi connectivity index (χ0) is 31.9. The Balaban J connectivity index is 1.69. The summed E-state index contributed by atoms with van der Waals surface area (Å²) in [6.07, 6.45) is 4.77. The van der Waals surface area contributed by atoms with E-state index < -0.39 is 34.0 Å². The summed E-state index contributed by atoms with van der Waals surface area (Å²) in [7, 11) is 0.746. The van der Waals surface area contributed by atoms with E-state index in [9.17, 15) is 19.0 Å². The third-order valence-corrected chi connectivity index (χ3v) is 10.8. The van der Waals surface area contributed by atoms with Gasteiger partial charge in [-0.3, -0.25) is 18.9 Å². The summed E-state index contributed by atoms with van der Waals surface area (Å²) in [5, 5.41) is 21.4. The number of aromatic nitrogens is 1. The number of carboxylic acid groups (broad SMARTS) is 1. The third kappa shape index (κ3) is 7.93. The van der Waals surface area contributed by atoms with Gasteiger partial charge in [0.2, 0.25) is 0 Å². The lowest BCUT2D eigenvalue weighted by Crippen LogP contribution is -2.42. The first-order chi connectivity index (χ1) is 21.0. The van der Waals surface area contributed by atoms with Gasteiger partial charge in [-0.2, -0.15) is 10.6 Å². The highest BCUT2D eigenvalue weighted by molar-refractivity contribution is 8.24. The van der Waals surface area contributed by atoms with Crippen molar-refractivity contribution in [3.63, 3.8) is 0 Å². The minimum atomic E-state index is -3.17. The molecule has 9 heteroatoms. The number of aliphatic hydroxyl groups is 1. The molecule has 4 rings (SSSR count). The Labute approximate surface area is 263 Å². The first-order valence-corrected chi connectivity index (χ1v) is 17.4. The van der Waals surface area contributed by atoms with Gasteiger partial charge in [-0.25, -0.2) is 0 Å². The fourth-order valence-electron chi connectivity index (χ4n) is 6.34. The van der Waals surface area contributed by atoms with Gasteiger partial charge in [0.1, 0.15) is 12.4 Å². The maximum atomic E-state index is 12.4. The van der Waals surface area contributed by atoms with Crippen molar-refractivity contribution in [3.8, 4) is 5.75 Å². The molecule has 0 saturated heterocycles. The van der Waals surface area contributed by atoms with E-state index in [0.717, 1.165) is 55.3 Å². The molecule has 0 fully saturated rings. The Hall–Kier alpha value is -3.11. The number of hydrogen-bond acceptors (Lipinski definition) is 7. The number of hydrogen-bond donors (Lipinski definition) is 4. The van der Waals surface area contributed by atoms with E-state index in [1.165, 1.54) is 0 Å².